The van der Waals surface area contributed by atoms with E-state index in [9.17, 15) is 14.7 Å². The summed E-state index contributed by atoms with van der Waals surface area (Å²) >= 11 is 0. The van der Waals surface area contributed by atoms with E-state index in [-0.39, 0.29) is 17.4 Å². The van der Waals surface area contributed by atoms with Crippen molar-refractivity contribution in [3.63, 3.8) is 0 Å². The Hall–Kier alpha value is -3.38. The molecule has 2 saturated heterocycles. The molecule has 2 unspecified atom stereocenters. The second kappa shape index (κ2) is 7.71. The van der Waals surface area contributed by atoms with Gasteiger partial charge in [-0.3, -0.25) is 9.59 Å². The Balaban J connectivity index is 1.68. The molecule has 6 heteroatoms. The van der Waals surface area contributed by atoms with Crippen LogP contribution in [0.2, 0.25) is 0 Å². The molecule has 3 heterocycles. The molecule has 2 fully saturated rings. The number of rotatable bonds is 4. The van der Waals surface area contributed by atoms with E-state index < -0.39 is 17.7 Å². The number of hydrogen-bond donors (Lipinski definition) is 2. The summed E-state index contributed by atoms with van der Waals surface area (Å²) in [6, 6.07) is 14.6. The van der Waals surface area contributed by atoms with E-state index in [0.717, 1.165) is 34.9 Å². The fourth-order valence-corrected chi connectivity index (χ4v) is 4.71. The van der Waals surface area contributed by atoms with Crippen molar-refractivity contribution in [1.82, 2.24) is 9.88 Å². The average Bonchev–Trinajstić information content (AvgIpc) is 3.49. The van der Waals surface area contributed by atoms with Gasteiger partial charge in [0.05, 0.1) is 17.7 Å². The van der Waals surface area contributed by atoms with Crippen LogP contribution in [-0.4, -0.2) is 45.9 Å². The minimum Gasteiger partial charge on any atom is -0.507 e. The Kier molecular flexibility index (Phi) is 4.87. The summed E-state index contributed by atoms with van der Waals surface area (Å²) in [5, 5.41) is 12.1. The van der Waals surface area contributed by atoms with Gasteiger partial charge in [-0.15, -0.1) is 0 Å². The zero-order valence-electron chi connectivity index (χ0n) is 17.3. The van der Waals surface area contributed by atoms with E-state index in [0.29, 0.717) is 18.7 Å². The van der Waals surface area contributed by atoms with Crippen molar-refractivity contribution in [3.8, 4) is 0 Å². The highest BCUT2D eigenvalue weighted by atomic mass is 16.5. The fourth-order valence-electron chi connectivity index (χ4n) is 4.71. The Morgan fingerprint density at radius 2 is 1.94 bits per heavy atom. The molecule has 0 bridgehead atoms. The number of fused-ring (bicyclic) bond motifs is 1. The van der Waals surface area contributed by atoms with Gasteiger partial charge in [0.25, 0.3) is 11.7 Å². The lowest BCUT2D eigenvalue weighted by Crippen LogP contribution is -2.36. The van der Waals surface area contributed by atoms with Crippen molar-refractivity contribution in [2.45, 2.75) is 31.9 Å². The van der Waals surface area contributed by atoms with E-state index in [1.807, 2.05) is 55.5 Å². The summed E-state index contributed by atoms with van der Waals surface area (Å²) in [5.41, 5.74) is 3.29. The minimum absolute atomic E-state index is 0.0992. The number of para-hydroxylation sites is 1. The lowest BCUT2D eigenvalue weighted by Gasteiger charge is -2.28. The molecule has 2 aliphatic heterocycles. The zero-order valence-corrected chi connectivity index (χ0v) is 17.3. The molecule has 0 saturated carbocycles. The van der Waals surface area contributed by atoms with Crippen molar-refractivity contribution in [1.29, 1.82) is 0 Å². The quantitative estimate of drug-likeness (QED) is 0.381. The van der Waals surface area contributed by atoms with Crippen LogP contribution in [-0.2, 0) is 14.3 Å². The molecule has 2 aromatic carbocycles. The standard InChI is InChI=1S/C25H24N2O4/c1-15-7-2-3-9-17(15)22-21(23(28)19-13-26-20-11-5-4-10-18(19)20)24(29)25(30)27(22)14-16-8-6-12-31-16/h2-5,7,9-11,13,16,22,26,28H,6,8,12,14H2,1H3/b23-21+. The van der Waals surface area contributed by atoms with Crippen LogP contribution in [0.4, 0.5) is 0 Å². The highest BCUT2D eigenvalue weighted by Gasteiger charge is 2.47. The zero-order chi connectivity index (χ0) is 21.5. The lowest BCUT2D eigenvalue weighted by atomic mass is 9.92. The lowest BCUT2D eigenvalue weighted by molar-refractivity contribution is -0.140. The third-order valence-electron chi connectivity index (χ3n) is 6.29. The molecular formula is C25H24N2O4. The predicted octanol–water partition coefficient (Wildman–Crippen LogP) is 4.08. The molecule has 3 aromatic rings. The van der Waals surface area contributed by atoms with Crippen LogP contribution in [0.3, 0.4) is 0 Å². The number of aromatic nitrogens is 1. The molecule has 2 atom stereocenters. The van der Waals surface area contributed by atoms with Crippen LogP contribution >= 0.6 is 0 Å². The van der Waals surface area contributed by atoms with Gasteiger partial charge in [-0.1, -0.05) is 42.5 Å². The maximum atomic E-state index is 13.2. The maximum absolute atomic E-state index is 13.2. The van der Waals surface area contributed by atoms with Crippen LogP contribution in [0.15, 0.2) is 60.3 Å². The third kappa shape index (κ3) is 3.24. The second-order valence-corrected chi connectivity index (χ2v) is 8.19. The second-order valence-electron chi connectivity index (χ2n) is 8.19. The van der Waals surface area contributed by atoms with Crippen LogP contribution in [0.25, 0.3) is 16.7 Å². The number of nitrogens with zero attached hydrogens (tertiary/aromatic N) is 1. The van der Waals surface area contributed by atoms with Gasteiger partial charge < -0.3 is 19.7 Å². The number of benzene rings is 2. The third-order valence-corrected chi connectivity index (χ3v) is 6.29. The first kappa shape index (κ1) is 19.6. The molecule has 1 amide bonds. The van der Waals surface area contributed by atoms with Crippen molar-refractivity contribution in [2.75, 3.05) is 13.2 Å². The summed E-state index contributed by atoms with van der Waals surface area (Å²) < 4.78 is 5.75. The fraction of sp³-hybridized carbons (Fsp3) is 0.280. The van der Waals surface area contributed by atoms with Crippen molar-refractivity contribution >= 4 is 28.4 Å². The van der Waals surface area contributed by atoms with Gasteiger partial charge in [-0.05, 0) is 37.0 Å². The molecule has 5 rings (SSSR count). The van der Waals surface area contributed by atoms with E-state index >= 15 is 0 Å². The largest absolute Gasteiger partial charge is 0.507 e. The Morgan fingerprint density at radius 3 is 2.71 bits per heavy atom. The molecule has 0 radical (unpaired) electrons. The molecule has 158 valence electrons. The van der Waals surface area contributed by atoms with Crippen LogP contribution in [0.1, 0.15) is 35.6 Å². The first-order valence-corrected chi connectivity index (χ1v) is 10.6. The molecular weight excluding hydrogens is 392 g/mol. The summed E-state index contributed by atoms with van der Waals surface area (Å²) in [7, 11) is 0. The average molecular weight is 416 g/mol. The Morgan fingerprint density at radius 1 is 1.16 bits per heavy atom. The SMILES string of the molecule is Cc1ccccc1C1/C(=C(\O)c2c[nH]c3ccccc23)C(=O)C(=O)N1CC1CCCO1. The molecule has 1 aromatic heterocycles. The Bertz CT molecular complexity index is 1200. The van der Waals surface area contributed by atoms with E-state index in [1.54, 1.807) is 11.1 Å². The first-order chi connectivity index (χ1) is 15.1. The summed E-state index contributed by atoms with van der Waals surface area (Å²) in [6.07, 6.45) is 3.38. The number of H-pyrrole nitrogens is 1. The van der Waals surface area contributed by atoms with Crippen molar-refractivity contribution < 1.29 is 19.4 Å². The highest BCUT2D eigenvalue weighted by molar-refractivity contribution is 6.46. The van der Waals surface area contributed by atoms with Gasteiger partial charge in [0, 0.05) is 35.8 Å². The number of carbonyl (C=O) groups is 2. The first-order valence-electron chi connectivity index (χ1n) is 10.6. The predicted molar refractivity (Wildman–Crippen MR) is 117 cm³/mol. The number of ether oxygens (including phenoxy) is 1. The van der Waals surface area contributed by atoms with Crippen LogP contribution < -0.4 is 0 Å². The van der Waals surface area contributed by atoms with Crippen LogP contribution in [0, 0.1) is 6.92 Å². The molecule has 0 aliphatic carbocycles. The molecule has 0 spiro atoms. The number of aliphatic hydroxyl groups excluding tert-OH is 1. The number of Topliss-reactive ketones (excluding diaryl/α,β-unsaturated/α-hetero) is 1. The number of aliphatic hydroxyl groups is 1. The van der Waals surface area contributed by atoms with E-state index in [4.69, 9.17) is 4.74 Å². The molecule has 31 heavy (non-hydrogen) atoms. The van der Waals surface area contributed by atoms with Gasteiger partial charge in [-0.2, -0.15) is 0 Å². The number of hydrogen-bond acceptors (Lipinski definition) is 4. The number of aromatic amines is 1. The maximum Gasteiger partial charge on any atom is 0.295 e. The van der Waals surface area contributed by atoms with Crippen molar-refractivity contribution in [3.05, 3.63) is 77.0 Å². The topological polar surface area (TPSA) is 82.6 Å². The molecule has 2 aliphatic rings. The van der Waals surface area contributed by atoms with Gasteiger partial charge in [0.1, 0.15) is 5.76 Å². The van der Waals surface area contributed by atoms with Gasteiger partial charge in [0.15, 0.2) is 0 Å². The van der Waals surface area contributed by atoms with Gasteiger partial charge in [-0.25, -0.2) is 0 Å². The number of likely N-dealkylation sites (tertiary alicyclic amines) is 1. The summed E-state index contributed by atoms with van der Waals surface area (Å²) in [4.78, 5) is 31.0. The number of nitrogens with one attached hydrogen (secondary N) is 1. The summed E-state index contributed by atoms with van der Waals surface area (Å²) in [6.45, 7) is 2.94. The van der Waals surface area contributed by atoms with E-state index in [1.165, 1.54) is 0 Å². The van der Waals surface area contributed by atoms with E-state index in [2.05, 4.69) is 4.98 Å². The van der Waals surface area contributed by atoms with Gasteiger partial charge in [0.2, 0.25) is 0 Å². The highest BCUT2D eigenvalue weighted by Crippen LogP contribution is 2.42. The number of ketones is 1. The monoisotopic (exact) mass is 416 g/mol. The molecule has 2 N–H and O–H groups in total. The van der Waals surface area contributed by atoms with Gasteiger partial charge >= 0.3 is 0 Å². The molecule has 6 nitrogen and oxygen atoms in total. The number of amides is 1. The summed E-state index contributed by atoms with van der Waals surface area (Å²) in [5.74, 6) is -1.40. The smallest absolute Gasteiger partial charge is 0.295 e. The van der Waals surface area contributed by atoms with Crippen molar-refractivity contribution in [2.24, 2.45) is 0 Å². The number of aryl methyl sites for hydroxylation is 1. The normalized spacial score (nSPS) is 23.2. The number of carbonyl (C=O) groups excluding carboxylic acids is 2. The van der Waals surface area contributed by atoms with Crippen LogP contribution in [0.5, 0.6) is 0 Å². The Labute approximate surface area is 180 Å². The minimum atomic E-state index is -0.658.